The smallest absolute Gasteiger partial charge is 0.257 e. The molecule has 0 aromatic carbocycles. The van der Waals surface area contributed by atoms with E-state index in [-0.39, 0.29) is 12.0 Å². The topological polar surface area (TPSA) is 71.2 Å². The molecule has 0 unspecified atom stereocenters. The second-order valence-corrected chi connectivity index (χ2v) is 4.62. The van der Waals surface area contributed by atoms with Crippen molar-refractivity contribution in [3.05, 3.63) is 42.0 Å². The van der Waals surface area contributed by atoms with Crippen LogP contribution in [0, 0.1) is 6.92 Å². The highest BCUT2D eigenvalue weighted by molar-refractivity contribution is 5.95. The summed E-state index contributed by atoms with van der Waals surface area (Å²) in [6.45, 7) is 2.66. The Kier molecular flexibility index (Phi) is 2.79. The predicted octanol–water partition coefficient (Wildman–Crippen LogP) is 0.392. The fourth-order valence-corrected chi connectivity index (χ4v) is 2.16. The fourth-order valence-electron chi connectivity index (χ4n) is 2.16. The number of hydrogen-bond donors (Lipinski definition) is 1. The van der Waals surface area contributed by atoms with Crippen molar-refractivity contribution in [2.75, 3.05) is 13.1 Å². The molecule has 1 saturated heterocycles. The second-order valence-electron chi connectivity index (χ2n) is 4.62. The number of carbonyl (C=O) groups is 1. The SMILES string of the molecule is Cc1c(C(=O)N2CC(O)C2)cnn1-c1ccncc1. The molecule has 1 aliphatic rings. The molecule has 0 aliphatic carbocycles. The first-order chi connectivity index (χ1) is 9.16. The van der Waals surface area contributed by atoms with Gasteiger partial charge < -0.3 is 10.0 Å². The summed E-state index contributed by atoms with van der Waals surface area (Å²) in [5.41, 5.74) is 2.23. The number of likely N-dealkylation sites (tertiary alicyclic amines) is 1. The van der Waals surface area contributed by atoms with Gasteiger partial charge in [0.1, 0.15) is 0 Å². The summed E-state index contributed by atoms with van der Waals surface area (Å²) in [5, 5.41) is 13.5. The van der Waals surface area contributed by atoms with Crippen LogP contribution in [0.2, 0.25) is 0 Å². The van der Waals surface area contributed by atoms with Crippen LogP contribution >= 0.6 is 0 Å². The monoisotopic (exact) mass is 258 g/mol. The van der Waals surface area contributed by atoms with Gasteiger partial charge in [-0.3, -0.25) is 9.78 Å². The number of aliphatic hydroxyl groups is 1. The van der Waals surface area contributed by atoms with Gasteiger partial charge in [0, 0.05) is 25.5 Å². The van der Waals surface area contributed by atoms with Gasteiger partial charge in [0.15, 0.2) is 0 Å². The maximum Gasteiger partial charge on any atom is 0.257 e. The van der Waals surface area contributed by atoms with Crippen LogP contribution < -0.4 is 0 Å². The quantitative estimate of drug-likeness (QED) is 0.846. The largest absolute Gasteiger partial charge is 0.389 e. The molecule has 6 heteroatoms. The number of aliphatic hydroxyl groups excluding tert-OH is 1. The molecule has 2 aromatic rings. The van der Waals surface area contributed by atoms with Crippen molar-refractivity contribution in [1.82, 2.24) is 19.7 Å². The summed E-state index contributed by atoms with van der Waals surface area (Å²) in [6, 6.07) is 3.67. The van der Waals surface area contributed by atoms with E-state index in [0.717, 1.165) is 11.4 Å². The molecule has 0 bridgehead atoms. The third-order valence-electron chi connectivity index (χ3n) is 3.30. The number of β-amino-alcohol motifs (C(OH)–C–C–N with tert-alkyl or cyclic N) is 1. The second kappa shape index (κ2) is 4.47. The van der Waals surface area contributed by atoms with Gasteiger partial charge in [-0.05, 0) is 19.1 Å². The molecule has 0 atom stereocenters. The number of hydrogen-bond acceptors (Lipinski definition) is 4. The maximum atomic E-state index is 12.2. The zero-order valence-electron chi connectivity index (χ0n) is 10.5. The molecule has 1 fully saturated rings. The van der Waals surface area contributed by atoms with Crippen molar-refractivity contribution >= 4 is 5.91 Å². The van der Waals surface area contributed by atoms with Crippen LogP contribution in [0.5, 0.6) is 0 Å². The number of rotatable bonds is 2. The zero-order valence-corrected chi connectivity index (χ0v) is 10.5. The molecule has 1 amide bonds. The van der Waals surface area contributed by atoms with Crippen LogP contribution in [0.4, 0.5) is 0 Å². The van der Waals surface area contributed by atoms with Gasteiger partial charge in [-0.2, -0.15) is 5.10 Å². The molecule has 0 spiro atoms. The minimum atomic E-state index is -0.389. The lowest BCUT2D eigenvalue weighted by molar-refractivity contribution is 0.00584. The Morgan fingerprint density at radius 1 is 1.37 bits per heavy atom. The van der Waals surface area contributed by atoms with Crippen molar-refractivity contribution in [2.45, 2.75) is 13.0 Å². The Balaban J connectivity index is 1.89. The molecule has 19 heavy (non-hydrogen) atoms. The Morgan fingerprint density at radius 2 is 2.05 bits per heavy atom. The van der Waals surface area contributed by atoms with Crippen molar-refractivity contribution < 1.29 is 9.90 Å². The van der Waals surface area contributed by atoms with Crippen molar-refractivity contribution in [2.24, 2.45) is 0 Å². The Hall–Kier alpha value is -2.21. The fraction of sp³-hybridized carbons (Fsp3) is 0.308. The third-order valence-corrected chi connectivity index (χ3v) is 3.30. The number of carbonyl (C=O) groups excluding carboxylic acids is 1. The molecule has 1 N–H and O–H groups in total. The van der Waals surface area contributed by atoms with Crippen LogP contribution in [0.3, 0.4) is 0 Å². The number of amides is 1. The lowest BCUT2D eigenvalue weighted by Gasteiger charge is -2.35. The average Bonchev–Trinajstić information content (AvgIpc) is 2.77. The maximum absolute atomic E-state index is 12.2. The predicted molar refractivity (Wildman–Crippen MR) is 68.0 cm³/mol. The number of aromatic nitrogens is 3. The number of pyridine rings is 1. The molecule has 3 heterocycles. The molecule has 6 nitrogen and oxygen atoms in total. The van der Waals surface area contributed by atoms with E-state index in [1.807, 2.05) is 19.1 Å². The zero-order chi connectivity index (χ0) is 13.4. The first-order valence-corrected chi connectivity index (χ1v) is 6.09. The van der Waals surface area contributed by atoms with Gasteiger partial charge in [0.05, 0.1) is 29.2 Å². The lowest BCUT2D eigenvalue weighted by atomic mass is 10.1. The van der Waals surface area contributed by atoms with E-state index in [2.05, 4.69) is 10.1 Å². The highest BCUT2D eigenvalue weighted by Crippen LogP contribution is 2.18. The third kappa shape index (κ3) is 2.00. The molecule has 0 radical (unpaired) electrons. The average molecular weight is 258 g/mol. The Morgan fingerprint density at radius 3 is 2.68 bits per heavy atom. The van der Waals surface area contributed by atoms with E-state index in [1.165, 1.54) is 0 Å². The first kappa shape index (κ1) is 11.9. The Labute approximate surface area is 110 Å². The standard InChI is InChI=1S/C13H14N4O2/c1-9-12(13(19)16-7-11(18)8-16)6-15-17(9)10-2-4-14-5-3-10/h2-6,11,18H,7-8H2,1H3. The summed E-state index contributed by atoms with van der Waals surface area (Å²) in [4.78, 5) is 17.8. The van der Waals surface area contributed by atoms with E-state index in [1.54, 1.807) is 28.2 Å². The van der Waals surface area contributed by atoms with Crippen molar-refractivity contribution in [3.63, 3.8) is 0 Å². The highest BCUT2D eigenvalue weighted by atomic mass is 16.3. The summed E-state index contributed by atoms with van der Waals surface area (Å²) in [6.07, 6.45) is 4.55. The molecule has 3 rings (SSSR count). The molecular formula is C13H14N4O2. The van der Waals surface area contributed by atoms with Gasteiger partial charge in [-0.25, -0.2) is 4.68 Å². The van der Waals surface area contributed by atoms with Crippen LogP contribution in [-0.2, 0) is 0 Å². The summed E-state index contributed by atoms with van der Waals surface area (Å²) in [5.74, 6) is -0.0805. The van der Waals surface area contributed by atoms with Gasteiger partial charge in [0.2, 0.25) is 0 Å². The van der Waals surface area contributed by atoms with E-state index in [4.69, 9.17) is 0 Å². The van der Waals surface area contributed by atoms with Crippen LogP contribution in [0.1, 0.15) is 16.1 Å². The van der Waals surface area contributed by atoms with E-state index < -0.39 is 0 Å². The summed E-state index contributed by atoms with van der Waals surface area (Å²) in [7, 11) is 0. The molecule has 1 aliphatic heterocycles. The van der Waals surface area contributed by atoms with Gasteiger partial charge in [-0.15, -0.1) is 0 Å². The van der Waals surface area contributed by atoms with E-state index >= 15 is 0 Å². The summed E-state index contributed by atoms with van der Waals surface area (Å²) >= 11 is 0. The minimum absolute atomic E-state index is 0.0805. The number of nitrogens with zero attached hydrogens (tertiary/aromatic N) is 4. The lowest BCUT2D eigenvalue weighted by Crippen LogP contribution is -2.53. The normalized spacial score (nSPS) is 15.4. The van der Waals surface area contributed by atoms with Crippen molar-refractivity contribution in [1.29, 1.82) is 0 Å². The van der Waals surface area contributed by atoms with Crippen LogP contribution in [0.25, 0.3) is 5.69 Å². The van der Waals surface area contributed by atoms with Crippen molar-refractivity contribution in [3.8, 4) is 5.69 Å². The summed E-state index contributed by atoms with van der Waals surface area (Å²) < 4.78 is 1.71. The molecule has 2 aromatic heterocycles. The van der Waals surface area contributed by atoms with Gasteiger partial charge >= 0.3 is 0 Å². The molecule has 98 valence electrons. The van der Waals surface area contributed by atoms with Crippen LogP contribution in [0.15, 0.2) is 30.7 Å². The Bertz CT molecular complexity index is 602. The molecular weight excluding hydrogens is 244 g/mol. The van der Waals surface area contributed by atoms with Crippen LogP contribution in [-0.4, -0.2) is 49.9 Å². The molecule has 0 saturated carbocycles. The van der Waals surface area contributed by atoms with Gasteiger partial charge in [-0.1, -0.05) is 0 Å². The van der Waals surface area contributed by atoms with E-state index in [0.29, 0.717) is 18.7 Å². The highest BCUT2D eigenvalue weighted by Gasteiger charge is 2.31. The first-order valence-electron chi connectivity index (χ1n) is 6.09. The van der Waals surface area contributed by atoms with Gasteiger partial charge in [0.25, 0.3) is 5.91 Å². The van der Waals surface area contributed by atoms with E-state index in [9.17, 15) is 9.90 Å². The minimum Gasteiger partial charge on any atom is -0.389 e.